The van der Waals surface area contributed by atoms with Gasteiger partial charge in [-0.3, -0.25) is 0 Å². The van der Waals surface area contributed by atoms with Gasteiger partial charge in [-0.25, -0.2) is 4.68 Å². The molecule has 0 unspecified atom stereocenters. The van der Waals surface area contributed by atoms with Gasteiger partial charge in [-0.15, -0.1) is 0 Å². The zero-order valence-corrected chi connectivity index (χ0v) is 12.2. The zero-order valence-electron chi connectivity index (χ0n) is 12.2. The summed E-state index contributed by atoms with van der Waals surface area (Å²) >= 11 is 0. The quantitative estimate of drug-likeness (QED) is 0.892. The molecule has 2 N–H and O–H groups in total. The van der Waals surface area contributed by atoms with Gasteiger partial charge < -0.3 is 10.5 Å². The fourth-order valence-electron chi connectivity index (χ4n) is 2.32. The summed E-state index contributed by atoms with van der Waals surface area (Å²) < 4.78 is 45.8. The number of hydrogen-bond acceptors (Lipinski definition) is 3. The number of benzene rings is 1. The smallest absolute Gasteiger partial charge is 0.416 e. The van der Waals surface area contributed by atoms with E-state index in [1.165, 1.54) is 23.9 Å². The van der Waals surface area contributed by atoms with Crippen LogP contribution in [0.5, 0.6) is 5.88 Å². The second kappa shape index (κ2) is 6.83. The number of nitrogens with zero attached hydrogens (tertiary/aromatic N) is 2. The van der Waals surface area contributed by atoms with Crippen molar-refractivity contribution in [1.29, 1.82) is 0 Å². The van der Waals surface area contributed by atoms with Crippen LogP contribution >= 0.6 is 0 Å². The van der Waals surface area contributed by atoms with Gasteiger partial charge in [0.15, 0.2) is 0 Å². The molecule has 7 heteroatoms. The molecule has 22 heavy (non-hydrogen) atoms. The van der Waals surface area contributed by atoms with Crippen LogP contribution in [-0.4, -0.2) is 23.4 Å². The number of hydrogen-bond donors (Lipinski definition) is 1. The number of alkyl halides is 3. The lowest BCUT2D eigenvalue weighted by Gasteiger charge is -2.14. The van der Waals surface area contributed by atoms with Gasteiger partial charge in [0.05, 0.1) is 25.4 Å². The number of nitrogens with two attached hydrogens (primary N) is 1. The maximum absolute atomic E-state index is 13.0. The van der Waals surface area contributed by atoms with Gasteiger partial charge in [0.1, 0.15) is 0 Å². The molecule has 2 aromatic rings. The third-order valence-electron chi connectivity index (χ3n) is 3.35. The number of halogens is 3. The molecular formula is C15H18F3N3O. The summed E-state index contributed by atoms with van der Waals surface area (Å²) in [6.07, 6.45) is -1.33. The monoisotopic (exact) mass is 313 g/mol. The van der Waals surface area contributed by atoms with Crippen molar-refractivity contribution in [1.82, 2.24) is 9.78 Å². The Balaban J connectivity index is 2.30. The third kappa shape index (κ3) is 3.59. The first kappa shape index (κ1) is 16.4. The van der Waals surface area contributed by atoms with Crippen LogP contribution in [0.25, 0.3) is 0 Å². The lowest BCUT2D eigenvalue weighted by atomic mass is 10.1. The average Bonchev–Trinajstić information content (AvgIpc) is 2.86. The molecule has 0 aliphatic rings. The average molecular weight is 313 g/mol. The van der Waals surface area contributed by atoms with Crippen LogP contribution in [0, 0.1) is 0 Å². The predicted molar refractivity (Wildman–Crippen MR) is 76.7 cm³/mol. The van der Waals surface area contributed by atoms with Gasteiger partial charge in [-0.05, 0) is 31.0 Å². The Labute approximate surface area is 126 Å². The highest BCUT2D eigenvalue weighted by Crippen LogP contribution is 2.32. The van der Waals surface area contributed by atoms with Gasteiger partial charge in [-0.1, -0.05) is 18.2 Å². The molecule has 1 heterocycles. The molecule has 0 saturated heterocycles. The van der Waals surface area contributed by atoms with Crippen LogP contribution in [0.15, 0.2) is 30.5 Å². The molecule has 0 fully saturated rings. The van der Waals surface area contributed by atoms with Crippen LogP contribution in [-0.2, 0) is 19.1 Å². The minimum atomic E-state index is -4.39. The Morgan fingerprint density at radius 1 is 1.23 bits per heavy atom. The highest BCUT2D eigenvalue weighted by molar-refractivity contribution is 5.32. The van der Waals surface area contributed by atoms with Crippen LogP contribution in [0.1, 0.15) is 23.1 Å². The molecule has 0 atom stereocenters. The van der Waals surface area contributed by atoms with Gasteiger partial charge in [-0.2, -0.15) is 18.3 Å². The summed E-state index contributed by atoms with van der Waals surface area (Å²) in [6.45, 7) is 0.534. The molecule has 1 aromatic heterocycles. The van der Waals surface area contributed by atoms with E-state index in [4.69, 9.17) is 10.5 Å². The maximum atomic E-state index is 13.0. The Hall–Kier alpha value is -2.02. The van der Waals surface area contributed by atoms with Crippen molar-refractivity contribution < 1.29 is 17.9 Å². The molecule has 0 spiro atoms. The second-order valence-corrected chi connectivity index (χ2v) is 4.88. The topological polar surface area (TPSA) is 53.1 Å². The Kier molecular flexibility index (Phi) is 5.07. The molecule has 120 valence electrons. The molecular weight excluding hydrogens is 295 g/mol. The van der Waals surface area contributed by atoms with E-state index in [0.29, 0.717) is 18.8 Å². The number of aryl methyl sites for hydroxylation is 1. The first-order valence-corrected chi connectivity index (χ1v) is 6.91. The first-order chi connectivity index (χ1) is 10.5. The number of aromatic nitrogens is 2. The fourth-order valence-corrected chi connectivity index (χ4v) is 2.32. The van der Waals surface area contributed by atoms with E-state index in [2.05, 4.69) is 5.10 Å². The molecule has 2 rings (SSSR count). The minimum Gasteiger partial charge on any atom is -0.481 e. The van der Waals surface area contributed by atoms with Crippen molar-refractivity contribution in [2.45, 2.75) is 25.6 Å². The van der Waals surface area contributed by atoms with Crippen LogP contribution < -0.4 is 10.5 Å². The molecule has 0 amide bonds. The Morgan fingerprint density at radius 2 is 1.95 bits per heavy atom. The largest absolute Gasteiger partial charge is 0.481 e. The van der Waals surface area contributed by atoms with Crippen molar-refractivity contribution in [3.8, 4) is 5.88 Å². The summed E-state index contributed by atoms with van der Waals surface area (Å²) in [5.41, 5.74) is 5.82. The standard InChI is InChI=1S/C15H18F3N3O/c1-22-14-11(6-4-8-19)9-20-21(14)10-12-5-2-3-7-13(12)15(16,17)18/h2-3,5,7,9H,4,6,8,10,19H2,1H3. The van der Waals surface area contributed by atoms with E-state index >= 15 is 0 Å². The van der Waals surface area contributed by atoms with Gasteiger partial charge in [0, 0.05) is 5.56 Å². The molecule has 4 nitrogen and oxygen atoms in total. The van der Waals surface area contributed by atoms with E-state index in [1.807, 2.05) is 0 Å². The molecule has 0 saturated carbocycles. The number of ether oxygens (including phenoxy) is 1. The zero-order chi connectivity index (χ0) is 16.2. The summed E-state index contributed by atoms with van der Waals surface area (Å²) in [6, 6.07) is 5.47. The summed E-state index contributed by atoms with van der Waals surface area (Å²) in [5.74, 6) is 0.477. The van der Waals surface area contributed by atoms with Gasteiger partial charge in [0.2, 0.25) is 5.88 Å². The van der Waals surface area contributed by atoms with Crippen molar-refractivity contribution in [3.63, 3.8) is 0 Å². The lowest BCUT2D eigenvalue weighted by molar-refractivity contribution is -0.138. The van der Waals surface area contributed by atoms with Gasteiger partial charge >= 0.3 is 6.18 Å². The molecule has 0 radical (unpaired) electrons. The predicted octanol–water partition coefficient (Wildman–Crippen LogP) is 2.85. The lowest BCUT2D eigenvalue weighted by Crippen LogP contribution is -2.13. The normalized spacial score (nSPS) is 11.7. The summed E-state index contributed by atoms with van der Waals surface area (Å²) in [5, 5.41) is 4.14. The van der Waals surface area contributed by atoms with Crippen molar-refractivity contribution >= 4 is 0 Å². The maximum Gasteiger partial charge on any atom is 0.416 e. The van der Waals surface area contributed by atoms with Crippen LogP contribution in [0.4, 0.5) is 13.2 Å². The van der Waals surface area contributed by atoms with Crippen molar-refractivity contribution in [2.75, 3.05) is 13.7 Å². The third-order valence-corrected chi connectivity index (χ3v) is 3.35. The number of methoxy groups -OCH3 is 1. The van der Waals surface area contributed by atoms with Crippen molar-refractivity contribution in [3.05, 3.63) is 47.2 Å². The summed E-state index contributed by atoms with van der Waals surface area (Å²) in [7, 11) is 1.48. The SMILES string of the molecule is COc1c(CCCN)cnn1Cc1ccccc1C(F)(F)F. The Morgan fingerprint density at radius 3 is 2.59 bits per heavy atom. The minimum absolute atomic E-state index is 0.00147. The highest BCUT2D eigenvalue weighted by Gasteiger charge is 2.33. The fraction of sp³-hybridized carbons (Fsp3) is 0.400. The molecule has 0 bridgehead atoms. The molecule has 1 aromatic carbocycles. The van der Waals surface area contributed by atoms with E-state index in [9.17, 15) is 13.2 Å². The van der Waals surface area contributed by atoms with Crippen LogP contribution in [0.3, 0.4) is 0 Å². The summed E-state index contributed by atoms with van der Waals surface area (Å²) in [4.78, 5) is 0. The number of rotatable bonds is 6. The van der Waals surface area contributed by atoms with Crippen molar-refractivity contribution in [2.24, 2.45) is 5.73 Å². The van der Waals surface area contributed by atoms with Crippen LogP contribution in [0.2, 0.25) is 0 Å². The van der Waals surface area contributed by atoms with Gasteiger partial charge in [0.25, 0.3) is 0 Å². The van der Waals surface area contributed by atoms with E-state index in [1.54, 1.807) is 12.3 Å². The second-order valence-electron chi connectivity index (χ2n) is 4.88. The van der Waals surface area contributed by atoms with E-state index in [0.717, 1.165) is 18.1 Å². The highest BCUT2D eigenvalue weighted by atomic mass is 19.4. The first-order valence-electron chi connectivity index (χ1n) is 6.91. The molecule has 0 aliphatic heterocycles. The Bertz CT molecular complexity index is 623. The van der Waals surface area contributed by atoms with E-state index in [-0.39, 0.29) is 12.1 Å². The van der Waals surface area contributed by atoms with E-state index < -0.39 is 11.7 Å². The molecule has 0 aliphatic carbocycles.